The summed E-state index contributed by atoms with van der Waals surface area (Å²) in [5.74, 6) is 1.39. The molecule has 4 saturated carbocycles. The van der Waals surface area contributed by atoms with Crippen molar-refractivity contribution in [2.24, 2.45) is 40.4 Å². The molecule has 5 rings (SSSR count). The van der Waals surface area contributed by atoms with Crippen LogP contribution in [0.5, 0.6) is 0 Å². The van der Waals surface area contributed by atoms with Gasteiger partial charge in [0, 0.05) is 5.92 Å². The minimum Gasteiger partial charge on any atom is -0.467 e. The van der Waals surface area contributed by atoms with Crippen LogP contribution in [0.2, 0.25) is 0 Å². The van der Waals surface area contributed by atoms with Crippen LogP contribution in [0.4, 0.5) is 0 Å². The largest absolute Gasteiger partial charge is 0.467 e. The molecule has 0 radical (unpaired) electrons. The van der Waals surface area contributed by atoms with Gasteiger partial charge >= 0.3 is 5.97 Å². The maximum absolute atomic E-state index is 12.5. The lowest BCUT2D eigenvalue weighted by molar-refractivity contribution is -0.310. The van der Waals surface area contributed by atoms with Crippen molar-refractivity contribution in [3.05, 3.63) is 0 Å². The Kier molecular flexibility index (Phi) is 7.53. The van der Waals surface area contributed by atoms with Gasteiger partial charge in [-0.05, 0) is 92.3 Å². The third kappa shape index (κ3) is 4.38. The quantitative estimate of drug-likeness (QED) is 0.311. The Morgan fingerprint density at radius 2 is 1.59 bits per heavy atom. The Bertz CT molecular complexity index is 880. The van der Waals surface area contributed by atoms with E-state index in [2.05, 4.69) is 18.6 Å². The Labute approximate surface area is 218 Å². The molecule has 0 spiro atoms. The summed E-state index contributed by atoms with van der Waals surface area (Å²) in [7, 11) is 1.17. The highest BCUT2D eigenvalue weighted by Crippen LogP contribution is 2.67. The smallest absolute Gasteiger partial charge is 0.337 e. The molecule has 5 aliphatic rings. The van der Waals surface area contributed by atoms with Gasteiger partial charge in [0.1, 0.15) is 24.9 Å². The van der Waals surface area contributed by atoms with E-state index < -0.39 is 36.7 Å². The summed E-state index contributed by atoms with van der Waals surface area (Å²) in [6.07, 6.45) is 1.50. The molecule has 0 aromatic rings. The van der Waals surface area contributed by atoms with Gasteiger partial charge in [-0.1, -0.05) is 13.8 Å². The zero-order valence-corrected chi connectivity index (χ0v) is 22.3. The van der Waals surface area contributed by atoms with E-state index in [9.17, 15) is 30.0 Å². The Hall–Kier alpha value is -1.10. The molecule has 0 bridgehead atoms. The van der Waals surface area contributed by atoms with Crippen LogP contribution in [-0.4, -0.2) is 82.7 Å². The first kappa shape index (κ1) is 27.5. The molecular weight excluding hydrogens is 480 g/mol. The zero-order chi connectivity index (χ0) is 26.7. The fraction of sp³-hybridized carbons (Fsp3) is 0.929. The number of aliphatic hydroxyl groups excluding tert-OH is 4. The predicted octanol–water partition coefficient (Wildman–Crippen LogP) is 1.57. The summed E-state index contributed by atoms with van der Waals surface area (Å²) in [5.41, 5.74) is 0.181. The van der Waals surface area contributed by atoms with Crippen LogP contribution in [0.3, 0.4) is 0 Å². The standard InChI is InChI=1S/C28H44O9/c1-27-10-8-15(36-26-23(33)21(31)22(32)24(37-26)25(34)35-3)12-14(27)4-5-16-17-6-7-19(20(30)13-29)28(17,2)11-9-18(16)27/h14-19,21-24,26,29,31-33H,4-13H2,1-3H3/t14-,15+,16-,17-,18-,19+,21-,22-,23+,24+,26+,27-,28-/m0/s1. The number of ketones is 1. The minimum atomic E-state index is -1.59. The summed E-state index contributed by atoms with van der Waals surface area (Å²) in [6.45, 7) is 4.37. The number of fused-ring (bicyclic) bond motifs is 5. The average Bonchev–Trinajstić information content (AvgIpc) is 3.25. The number of ether oxygens (including phenoxy) is 3. The van der Waals surface area contributed by atoms with Crippen molar-refractivity contribution in [3.8, 4) is 0 Å². The lowest BCUT2D eigenvalue weighted by Crippen LogP contribution is -2.61. The Balaban J connectivity index is 1.25. The van der Waals surface area contributed by atoms with Crippen LogP contribution in [0.15, 0.2) is 0 Å². The molecule has 9 heteroatoms. The van der Waals surface area contributed by atoms with Gasteiger partial charge in [0.15, 0.2) is 18.2 Å². The van der Waals surface area contributed by atoms with E-state index in [1.807, 2.05) is 0 Å². The predicted molar refractivity (Wildman–Crippen MR) is 131 cm³/mol. The molecule has 4 aliphatic carbocycles. The number of hydrogen-bond donors (Lipinski definition) is 4. The van der Waals surface area contributed by atoms with E-state index in [0.717, 1.165) is 57.8 Å². The second-order valence-electron chi connectivity index (χ2n) is 12.9. The molecule has 1 aliphatic heterocycles. The van der Waals surface area contributed by atoms with Crippen LogP contribution in [0.1, 0.15) is 71.6 Å². The lowest BCUT2D eigenvalue weighted by Gasteiger charge is -2.61. The van der Waals surface area contributed by atoms with Crippen LogP contribution in [0.25, 0.3) is 0 Å². The third-order valence-electron chi connectivity index (χ3n) is 11.5. The number of rotatable bonds is 5. The molecule has 0 unspecified atom stereocenters. The van der Waals surface area contributed by atoms with Crippen molar-refractivity contribution < 1.29 is 44.2 Å². The fourth-order valence-electron chi connectivity index (χ4n) is 9.44. The molecule has 5 fully saturated rings. The van der Waals surface area contributed by atoms with Crippen molar-refractivity contribution >= 4 is 11.8 Å². The van der Waals surface area contributed by atoms with Gasteiger partial charge in [-0.2, -0.15) is 0 Å². The van der Waals surface area contributed by atoms with E-state index >= 15 is 0 Å². The van der Waals surface area contributed by atoms with Crippen LogP contribution < -0.4 is 0 Å². The maximum Gasteiger partial charge on any atom is 0.337 e. The third-order valence-corrected chi connectivity index (χ3v) is 11.5. The van der Waals surface area contributed by atoms with Gasteiger partial charge in [0.05, 0.1) is 13.2 Å². The first-order valence-electron chi connectivity index (χ1n) is 14.1. The van der Waals surface area contributed by atoms with Gasteiger partial charge in [-0.15, -0.1) is 0 Å². The van der Waals surface area contributed by atoms with Crippen molar-refractivity contribution in [1.82, 2.24) is 0 Å². The highest BCUT2D eigenvalue weighted by molar-refractivity contribution is 5.83. The summed E-state index contributed by atoms with van der Waals surface area (Å²) >= 11 is 0. The second kappa shape index (κ2) is 10.1. The molecule has 0 amide bonds. The number of carbonyl (C=O) groups is 2. The fourth-order valence-corrected chi connectivity index (χ4v) is 9.44. The van der Waals surface area contributed by atoms with Crippen molar-refractivity contribution in [1.29, 1.82) is 0 Å². The van der Waals surface area contributed by atoms with Crippen LogP contribution in [0, 0.1) is 40.4 Å². The number of hydrogen-bond acceptors (Lipinski definition) is 9. The highest BCUT2D eigenvalue weighted by atomic mass is 16.7. The topological polar surface area (TPSA) is 143 Å². The van der Waals surface area contributed by atoms with Gasteiger partial charge in [-0.3, -0.25) is 4.79 Å². The maximum atomic E-state index is 12.5. The van der Waals surface area contributed by atoms with Crippen LogP contribution >= 0.6 is 0 Å². The molecule has 0 aromatic carbocycles. The van der Waals surface area contributed by atoms with Crippen molar-refractivity contribution in [2.75, 3.05) is 13.7 Å². The van der Waals surface area contributed by atoms with E-state index in [0.29, 0.717) is 23.7 Å². The van der Waals surface area contributed by atoms with E-state index in [1.54, 1.807) is 0 Å². The van der Waals surface area contributed by atoms with Gasteiger partial charge < -0.3 is 34.6 Å². The molecule has 0 aromatic heterocycles. The highest BCUT2D eigenvalue weighted by Gasteiger charge is 2.61. The Morgan fingerprint density at radius 3 is 2.30 bits per heavy atom. The molecule has 4 N–H and O–H groups in total. The lowest BCUT2D eigenvalue weighted by atomic mass is 9.44. The molecule has 1 saturated heterocycles. The number of esters is 1. The number of Topliss-reactive ketones (excluding diaryl/α,β-unsaturated/α-hetero) is 1. The van der Waals surface area contributed by atoms with Gasteiger partial charge in [-0.25, -0.2) is 4.79 Å². The average molecular weight is 525 g/mol. The van der Waals surface area contributed by atoms with E-state index in [4.69, 9.17) is 9.47 Å². The first-order valence-corrected chi connectivity index (χ1v) is 14.1. The van der Waals surface area contributed by atoms with Crippen molar-refractivity contribution in [3.63, 3.8) is 0 Å². The molecule has 37 heavy (non-hydrogen) atoms. The summed E-state index contributed by atoms with van der Waals surface area (Å²) in [5, 5.41) is 40.5. The zero-order valence-electron chi connectivity index (χ0n) is 22.3. The van der Waals surface area contributed by atoms with E-state index in [-0.39, 0.29) is 35.2 Å². The number of carbonyl (C=O) groups excluding carboxylic acids is 2. The monoisotopic (exact) mass is 524 g/mol. The molecular formula is C28H44O9. The molecule has 13 atom stereocenters. The number of aliphatic hydroxyl groups is 4. The van der Waals surface area contributed by atoms with Gasteiger partial charge in [0.25, 0.3) is 0 Å². The molecule has 9 nitrogen and oxygen atoms in total. The summed E-state index contributed by atoms with van der Waals surface area (Å²) < 4.78 is 16.4. The van der Waals surface area contributed by atoms with Crippen LogP contribution in [-0.2, 0) is 23.8 Å². The van der Waals surface area contributed by atoms with Crippen molar-refractivity contribution in [2.45, 2.75) is 108 Å². The summed E-state index contributed by atoms with van der Waals surface area (Å²) in [6, 6.07) is 0. The number of methoxy groups -OCH3 is 1. The second-order valence-corrected chi connectivity index (χ2v) is 12.9. The molecule has 1 heterocycles. The van der Waals surface area contributed by atoms with E-state index in [1.165, 1.54) is 7.11 Å². The normalized spacial score (nSPS) is 51.5. The first-order chi connectivity index (χ1) is 17.5. The van der Waals surface area contributed by atoms with Gasteiger partial charge in [0.2, 0.25) is 0 Å². The Morgan fingerprint density at radius 1 is 0.892 bits per heavy atom. The minimum absolute atomic E-state index is 0.000525. The summed E-state index contributed by atoms with van der Waals surface area (Å²) in [4.78, 5) is 24.5. The SMILES string of the molecule is COC(=O)[C@@H]1O[C@@H](O[C@@H]2CC[C@@]3(C)[C@@H](CC[C@@H]4[C@@H]3CC[C@]3(C)[C@@H](C(=O)CO)CC[C@@H]43)C2)[C@H](O)[C@@H](O)[C@@H]1O. The molecule has 210 valence electrons.